The normalized spacial score (nSPS) is 11.6. The Kier molecular flexibility index (Phi) is 8.11. The molecular formula is C15H19IO5. The third-order valence-electron chi connectivity index (χ3n) is 2.55. The number of halogens is 1. The molecule has 5 nitrogen and oxygen atoms in total. The highest BCUT2D eigenvalue weighted by Gasteiger charge is 2.15. The van der Waals surface area contributed by atoms with Crippen LogP contribution in [0.3, 0.4) is 0 Å². The van der Waals surface area contributed by atoms with Crippen LogP contribution in [-0.2, 0) is 14.3 Å². The summed E-state index contributed by atoms with van der Waals surface area (Å²) in [5.41, 5.74) is 0.488. The largest absolute Gasteiger partial charge is 0.494 e. The molecule has 1 atom stereocenters. The molecular weight excluding hydrogens is 387 g/mol. The highest BCUT2D eigenvalue weighted by atomic mass is 127. The van der Waals surface area contributed by atoms with Gasteiger partial charge in [-0.25, -0.2) is 4.79 Å². The van der Waals surface area contributed by atoms with Crippen molar-refractivity contribution in [2.24, 2.45) is 0 Å². The van der Waals surface area contributed by atoms with Gasteiger partial charge in [-0.2, -0.15) is 0 Å². The van der Waals surface area contributed by atoms with Crippen LogP contribution in [0.4, 0.5) is 0 Å². The number of benzene rings is 1. The van der Waals surface area contributed by atoms with E-state index in [0.717, 1.165) is 0 Å². The highest BCUT2D eigenvalue weighted by molar-refractivity contribution is 14.1. The summed E-state index contributed by atoms with van der Waals surface area (Å²) in [5, 5.41) is 0. The number of esters is 2. The van der Waals surface area contributed by atoms with Crippen LogP contribution in [0.25, 0.3) is 0 Å². The van der Waals surface area contributed by atoms with Crippen LogP contribution < -0.4 is 4.74 Å². The lowest BCUT2D eigenvalue weighted by Gasteiger charge is -2.10. The van der Waals surface area contributed by atoms with Crippen LogP contribution in [0, 0.1) is 0 Å². The summed E-state index contributed by atoms with van der Waals surface area (Å²) in [5.74, 6) is 0.0774. The van der Waals surface area contributed by atoms with Crippen molar-refractivity contribution < 1.29 is 23.8 Å². The molecule has 1 aromatic carbocycles. The first kappa shape index (κ1) is 17.7. The summed E-state index contributed by atoms with van der Waals surface area (Å²) >= 11 is 2.04. The van der Waals surface area contributed by atoms with Gasteiger partial charge in [0.05, 0.1) is 25.4 Å². The van der Waals surface area contributed by atoms with Gasteiger partial charge in [0.15, 0.2) is 0 Å². The van der Waals surface area contributed by atoms with E-state index in [-0.39, 0.29) is 15.9 Å². The molecule has 0 amide bonds. The van der Waals surface area contributed by atoms with E-state index in [1.807, 2.05) is 22.6 Å². The van der Waals surface area contributed by atoms with Crippen molar-refractivity contribution in [2.45, 2.75) is 24.2 Å². The average molecular weight is 406 g/mol. The molecule has 0 aromatic heterocycles. The molecule has 1 unspecified atom stereocenters. The first-order chi connectivity index (χ1) is 10.1. The molecule has 0 saturated heterocycles. The van der Waals surface area contributed by atoms with Gasteiger partial charge in [-0.15, -0.1) is 0 Å². The number of carbonyl (C=O) groups excluding carboxylic acids is 2. The first-order valence-corrected chi connectivity index (χ1v) is 8.03. The quantitative estimate of drug-likeness (QED) is 0.378. The molecule has 1 rings (SSSR count). The van der Waals surface area contributed by atoms with E-state index < -0.39 is 0 Å². The van der Waals surface area contributed by atoms with Gasteiger partial charge in [0, 0.05) is 6.42 Å². The lowest BCUT2D eigenvalue weighted by atomic mass is 10.2. The van der Waals surface area contributed by atoms with Gasteiger partial charge in [-0.05, 0) is 38.1 Å². The summed E-state index contributed by atoms with van der Waals surface area (Å²) in [7, 11) is 0. The fraction of sp³-hybridized carbons (Fsp3) is 0.467. The number of hydrogen-bond acceptors (Lipinski definition) is 5. The molecule has 0 aliphatic rings. The van der Waals surface area contributed by atoms with Crippen molar-refractivity contribution in [1.29, 1.82) is 0 Å². The van der Waals surface area contributed by atoms with Gasteiger partial charge in [0.25, 0.3) is 0 Å². The molecule has 116 valence electrons. The van der Waals surface area contributed by atoms with Gasteiger partial charge in [0.1, 0.15) is 9.67 Å². The summed E-state index contributed by atoms with van der Waals surface area (Å²) in [6.45, 7) is 4.68. The Labute approximate surface area is 138 Å². The molecule has 0 saturated carbocycles. The van der Waals surface area contributed by atoms with Gasteiger partial charge in [0.2, 0.25) is 0 Å². The van der Waals surface area contributed by atoms with Crippen molar-refractivity contribution in [3.8, 4) is 5.75 Å². The number of rotatable bonds is 8. The van der Waals surface area contributed by atoms with Crippen molar-refractivity contribution in [3.63, 3.8) is 0 Å². The van der Waals surface area contributed by atoms with Crippen LogP contribution >= 0.6 is 22.6 Å². The van der Waals surface area contributed by atoms with E-state index >= 15 is 0 Å². The van der Waals surface area contributed by atoms with E-state index in [2.05, 4.69) is 0 Å². The molecule has 0 radical (unpaired) electrons. The number of ether oxygens (including phenoxy) is 3. The SMILES string of the molecule is CCOC(=O)c1ccc(OCCC(I)C(=O)OCC)cc1. The Morgan fingerprint density at radius 3 is 2.29 bits per heavy atom. The Morgan fingerprint density at radius 1 is 1.10 bits per heavy atom. The molecule has 0 aliphatic heterocycles. The molecule has 21 heavy (non-hydrogen) atoms. The maximum atomic E-state index is 11.5. The molecule has 0 fully saturated rings. The standard InChI is InChI=1S/C15H19IO5/c1-3-19-14(17)11-5-7-12(8-6-11)21-10-9-13(16)15(18)20-4-2/h5-8,13H,3-4,9-10H2,1-2H3. The fourth-order valence-electron chi connectivity index (χ4n) is 1.53. The van der Waals surface area contributed by atoms with Crippen molar-refractivity contribution in [1.82, 2.24) is 0 Å². The Hall–Kier alpha value is -1.31. The van der Waals surface area contributed by atoms with Gasteiger partial charge >= 0.3 is 11.9 Å². The maximum absolute atomic E-state index is 11.5. The second-order valence-corrected chi connectivity index (χ2v) is 5.61. The van der Waals surface area contributed by atoms with Crippen LogP contribution in [0.2, 0.25) is 0 Å². The molecule has 0 spiro atoms. The number of hydrogen-bond donors (Lipinski definition) is 0. The molecule has 0 N–H and O–H groups in total. The summed E-state index contributed by atoms with van der Waals surface area (Å²) in [6, 6.07) is 6.72. The van der Waals surface area contributed by atoms with Crippen LogP contribution in [0.15, 0.2) is 24.3 Å². The monoisotopic (exact) mass is 406 g/mol. The van der Waals surface area contributed by atoms with Crippen molar-refractivity contribution >= 4 is 34.5 Å². The zero-order chi connectivity index (χ0) is 15.7. The van der Waals surface area contributed by atoms with E-state index in [9.17, 15) is 9.59 Å². The second-order valence-electron chi connectivity index (χ2n) is 4.10. The lowest BCUT2D eigenvalue weighted by molar-refractivity contribution is -0.142. The number of carbonyl (C=O) groups is 2. The van der Waals surface area contributed by atoms with Gasteiger partial charge < -0.3 is 14.2 Å². The minimum Gasteiger partial charge on any atom is -0.494 e. The van der Waals surface area contributed by atoms with Crippen LogP contribution in [-0.4, -0.2) is 35.7 Å². The number of alkyl halides is 1. The average Bonchev–Trinajstić information content (AvgIpc) is 2.48. The zero-order valence-corrected chi connectivity index (χ0v) is 14.3. The van der Waals surface area contributed by atoms with Crippen molar-refractivity contribution in [3.05, 3.63) is 29.8 Å². The maximum Gasteiger partial charge on any atom is 0.338 e. The van der Waals surface area contributed by atoms with E-state index in [4.69, 9.17) is 14.2 Å². The first-order valence-electron chi connectivity index (χ1n) is 6.79. The topological polar surface area (TPSA) is 61.8 Å². The minimum absolute atomic E-state index is 0.221. The summed E-state index contributed by atoms with van der Waals surface area (Å²) in [4.78, 5) is 22.9. The fourth-order valence-corrected chi connectivity index (χ4v) is 1.97. The lowest BCUT2D eigenvalue weighted by Crippen LogP contribution is -2.19. The third-order valence-corrected chi connectivity index (χ3v) is 3.68. The summed E-state index contributed by atoms with van der Waals surface area (Å²) in [6.07, 6.45) is 0.568. The Balaban J connectivity index is 2.39. The molecule has 1 aromatic rings. The highest BCUT2D eigenvalue weighted by Crippen LogP contribution is 2.15. The Bertz CT molecular complexity index is 458. The molecule has 0 aliphatic carbocycles. The van der Waals surface area contributed by atoms with Gasteiger partial charge in [-0.3, -0.25) is 4.79 Å². The summed E-state index contributed by atoms with van der Waals surface area (Å²) < 4.78 is 15.1. The van der Waals surface area contributed by atoms with Gasteiger partial charge in [-0.1, -0.05) is 22.6 Å². The second kappa shape index (κ2) is 9.59. The smallest absolute Gasteiger partial charge is 0.338 e. The molecule has 6 heteroatoms. The van der Waals surface area contributed by atoms with E-state index in [0.29, 0.717) is 37.6 Å². The third kappa shape index (κ3) is 6.33. The zero-order valence-electron chi connectivity index (χ0n) is 12.1. The molecule has 0 bridgehead atoms. The van der Waals surface area contributed by atoms with E-state index in [1.54, 1.807) is 38.1 Å². The van der Waals surface area contributed by atoms with Crippen LogP contribution in [0.5, 0.6) is 5.75 Å². The predicted octanol–water partition coefficient (Wildman–Crippen LogP) is 3.00. The minimum atomic E-state index is -0.348. The van der Waals surface area contributed by atoms with Crippen molar-refractivity contribution in [2.75, 3.05) is 19.8 Å². The van der Waals surface area contributed by atoms with Crippen LogP contribution in [0.1, 0.15) is 30.6 Å². The Morgan fingerprint density at radius 2 is 1.71 bits per heavy atom. The van der Waals surface area contributed by atoms with E-state index in [1.165, 1.54) is 0 Å². The molecule has 0 heterocycles. The predicted molar refractivity (Wildman–Crippen MR) is 87.0 cm³/mol.